The van der Waals surface area contributed by atoms with Gasteiger partial charge in [0.1, 0.15) is 22.9 Å². The van der Waals surface area contributed by atoms with Gasteiger partial charge in [0.25, 0.3) is 0 Å². The number of benzene rings is 2. The van der Waals surface area contributed by atoms with E-state index in [1.54, 1.807) is 11.3 Å². The van der Waals surface area contributed by atoms with Crippen LogP contribution >= 0.6 is 11.3 Å². The first-order valence-electron chi connectivity index (χ1n) is 10.5. The predicted octanol–water partition coefficient (Wildman–Crippen LogP) is 3.85. The van der Waals surface area contributed by atoms with E-state index in [0.717, 1.165) is 44.1 Å². The lowest BCUT2D eigenvalue weighted by molar-refractivity contribution is -0.129. The van der Waals surface area contributed by atoms with Crippen molar-refractivity contribution in [3.05, 3.63) is 47.5 Å². The monoisotopic (exact) mass is 437 g/mol. The summed E-state index contributed by atoms with van der Waals surface area (Å²) in [5.41, 5.74) is 4.28. The molecule has 2 atom stereocenters. The number of ether oxygens (including phenoxy) is 1. The van der Waals surface area contributed by atoms with Crippen LogP contribution in [-0.4, -0.2) is 35.5 Å². The molecule has 0 radical (unpaired) electrons. The van der Waals surface area contributed by atoms with Crippen molar-refractivity contribution in [2.45, 2.75) is 46.3 Å². The number of rotatable bonds is 6. The summed E-state index contributed by atoms with van der Waals surface area (Å²) in [5.74, 6) is 0.451. The number of carbonyl (C=O) groups excluding carboxylic acids is 2. The number of nitrogens with one attached hydrogen (secondary N) is 2. The predicted molar refractivity (Wildman–Crippen MR) is 123 cm³/mol. The Labute approximate surface area is 186 Å². The molecule has 0 saturated carbocycles. The molecule has 6 nitrogen and oxygen atoms in total. The molecule has 7 heteroatoms. The number of amides is 2. The van der Waals surface area contributed by atoms with E-state index >= 15 is 0 Å². The van der Waals surface area contributed by atoms with E-state index in [0.29, 0.717) is 6.54 Å². The van der Waals surface area contributed by atoms with Gasteiger partial charge in [-0.1, -0.05) is 32.0 Å². The Morgan fingerprint density at radius 1 is 1.26 bits per heavy atom. The first kappa shape index (κ1) is 21.3. The zero-order valence-electron chi connectivity index (χ0n) is 18.2. The third kappa shape index (κ3) is 4.56. The second-order valence-corrected chi connectivity index (χ2v) is 9.43. The average molecular weight is 438 g/mol. The zero-order chi connectivity index (χ0) is 22.1. The molecule has 162 valence electrons. The Balaban J connectivity index is 1.51. The third-order valence-corrected chi connectivity index (χ3v) is 6.45. The fourth-order valence-corrected chi connectivity index (χ4v) is 4.91. The molecule has 1 aromatic heterocycles. The van der Waals surface area contributed by atoms with Crippen molar-refractivity contribution in [1.29, 1.82) is 0 Å². The second kappa shape index (κ2) is 8.67. The van der Waals surface area contributed by atoms with Crippen LogP contribution in [0.3, 0.4) is 0 Å². The minimum Gasteiger partial charge on any atom is -0.487 e. The Hall–Kier alpha value is -2.93. The molecule has 1 aliphatic rings. The van der Waals surface area contributed by atoms with Gasteiger partial charge < -0.3 is 15.4 Å². The van der Waals surface area contributed by atoms with Crippen molar-refractivity contribution in [3.63, 3.8) is 0 Å². The van der Waals surface area contributed by atoms with Crippen molar-refractivity contribution >= 4 is 33.4 Å². The van der Waals surface area contributed by atoms with E-state index in [1.165, 1.54) is 6.92 Å². The Bertz CT molecular complexity index is 1110. The van der Waals surface area contributed by atoms with Crippen LogP contribution in [0.2, 0.25) is 0 Å². The largest absolute Gasteiger partial charge is 0.487 e. The van der Waals surface area contributed by atoms with Gasteiger partial charge in [-0.25, -0.2) is 4.98 Å². The summed E-state index contributed by atoms with van der Waals surface area (Å²) in [5, 5.41) is 6.61. The molecule has 0 bridgehead atoms. The number of hydrogen-bond donors (Lipinski definition) is 2. The van der Waals surface area contributed by atoms with Gasteiger partial charge in [0.2, 0.25) is 11.8 Å². The Morgan fingerprint density at radius 2 is 2.03 bits per heavy atom. The highest BCUT2D eigenvalue weighted by Gasteiger charge is 2.29. The van der Waals surface area contributed by atoms with Gasteiger partial charge in [0.15, 0.2) is 0 Å². The van der Waals surface area contributed by atoms with Crippen LogP contribution in [0.15, 0.2) is 36.4 Å². The summed E-state index contributed by atoms with van der Waals surface area (Å²) < 4.78 is 7.43. The highest BCUT2D eigenvalue weighted by Crippen LogP contribution is 2.42. The molecule has 2 aromatic carbocycles. The van der Waals surface area contributed by atoms with Gasteiger partial charge in [-0.2, -0.15) is 0 Å². The molecule has 2 amide bonds. The van der Waals surface area contributed by atoms with Gasteiger partial charge in [0, 0.05) is 13.3 Å². The lowest BCUT2D eigenvalue weighted by Gasteiger charge is -2.22. The maximum absolute atomic E-state index is 12.6. The number of carbonyl (C=O) groups is 2. The Kier molecular flexibility index (Phi) is 5.96. The number of thiazole rings is 1. The molecule has 0 spiro atoms. The van der Waals surface area contributed by atoms with Gasteiger partial charge in [-0.15, -0.1) is 11.3 Å². The molecule has 0 aliphatic carbocycles. The lowest BCUT2D eigenvalue weighted by atomic mass is 10.0. The zero-order valence-corrected chi connectivity index (χ0v) is 19.0. The molecule has 0 fully saturated rings. The summed E-state index contributed by atoms with van der Waals surface area (Å²) in [6.45, 7) is 7.71. The summed E-state index contributed by atoms with van der Waals surface area (Å²) in [6, 6.07) is 11.8. The normalized spacial score (nSPS) is 16.1. The lowest BCUT2D eigenvalue weighted by Crippen LogP contribution is -2.50. The molecular weight excluding hydrogens is 410 g/mol. The summed E-state index contributed by atoms with van der Waals surface area (Å²) in [7, 11) is 0. The van der Waals surface area contributed by atoms with E-state index in [4.69, 9.17) is 9.72 Å². The van der Waals surface area contributed by atoms with Gasteiger partial charge in [-0.05, 0) is 42.2 Å². The number of aryl methyl sites for hydroxylation is 1. The fourth-order valence-electron chi connectivity index (χ4n) is 3.93. The van der Waals surface area contributed by atoms with E-state index in [9.17, 15) is 9.59 Å². The topological polar surface area (TPSA) is 80.3 Å². The first-order valence-corrected chi connectivity index (χ1v) is 11.3. The van der Waals surface area contributed by atoms with Crippen molar-refractivity contribution in [2.75, 3.05) is 6.54 Å². The molecule has 3 aromatic rings. The highest BCUT2D eigenvalue weighted by molar-refractivity contribution is 7.21. The molecule has 2 heterocycles. The molecule has 2 N–H and O–H groups in total. The summed E-state index contributed by atoms with van der Waals surface area (Å²) in [6.07, 6.45) is 0.570. The van der Waals surface area contributed by atoms with Crippen LogP contribution in [0.5, 0.6) is 5.75 Å². The molecule has 2 unspecified atom stereocenters. The van der Waals surface area contributed by atoms with Gasteiger partial charge >= 0.3 is 0 Å². The van der Waals surface area contributed by atoms with Crippen LogP contribution in [0.1, 0.15) is 31.9 Å². The molecule has 31 heavy (non-hydrogen) atoms. The molecule has 1 aliphatic heterocycles. The minimum atomic E-state index is -0.554. The summed E-state index contributed by atoms with van der Waals surface area (Å²) >= 11 is 1.66. The SMILES string of the molecule is CC(=O)NC(C(=O)NCC1Cc2cc(C)cc(-c3nc4ccccc4s3)c2O1)C(C)C. The second-order valence-electron chi connectivity index (χ2n) is 8.40. The van der Waals surface area contributed by atoms with E-state index in [1.807, 2.05) is 32.0 Å². The smallest absolute Gasteiger partial charge is 0.242 e. The van der Waals surface area contributed by atoms with Crippen LogP contribution in [0.25, 0.3) is 20.8 Å². The Morgan fingerprint density at radius 3 is 2.74 bits per heavy atom. The standard InChI is InChI=1S/C24H27N3O3S/c1-13(2)21(26-15(4)28)23(29)25-12-17-11-16-9-14(3)10-18(22(16)30-17)24-27-19-7-5-6-8-20(19)31-24/h5-10,13,17,21H,11-12H2,1-4H3,(H,25,29)(H,26,28). The van der Waals surface area contributed by atoms with Gasteiger partial charge in [0.05, 0.1) is 22.3 Å². The molecule has 4 rings (SSSR count). The van der Waals surface area contributed by atoms with Crippen LogP contribution in [0, 0.1) is 12.8 Å². The maximum Gasteiger partial charge on any atom is 0.242 e. The van der Waals surface area contributed by atoms with E-state index in [2.05, 4.69) is 35.8 Å². The molecular formula is C24H27N3O3S. The molecule has 0 saturated heterocycles. The number of aromatic nitrogens is 1. The van der Waals surface area contributed by atoms with Crippen molar-refractivity contribution in [3.8, 4) is 16.3 Å². The van der Waals surface area contributed by atoms with Crippen LogP contribution in [0.4, 0.5) is 0 Å². The van der Waals surface area contributed by atoms with Crippen molar-refractivity contribution in [2.24, 2.45) is 5.92 Å². The number of para-hydroxylation sites is 1. The first-order chi connectivity index (χ1) is 14.8. The van der Waals surface area contributed by atoms with Crippen molar-refractivity contribution in [1.82, 2.24) is 15.6 Å². The minimum absolute atomic E-state index is 0.00104. The quantitative estimate of drug-likeness (QED) is 0.614. The van der Waals surface area contributed by atoms with Crippen LogP contribution in [-0.2, 0) is 16.0 Å². The van der Waals surface area contributed by atoms with E-state index < -0.39 is 6.04 Å². The van der Waals surface area contributed by atoms with Crippen LogP contribution < -0.4 is 15.4 Å². The van der Waals surface area contributed by atoms with E-state index in [-0.39, 0.29) is 23.8 Å². The van der Waals surface area contributed by atoms with Gasteiger partial charge in [-0.3, -0.25) is 9.59 Å². The fraction of sp³-hybridized carbons (Fsp3) is 0.375. The number of nitrogens with zero attached hydrogens (tertiary/aromatic N) is 1. The summed E-state index contributed by atoms with van der Waals surface area (Å²) in [4.78, 5) is 28.8. The average Bonchev–Trinajstić information content (AvgIpc) is 3.32. The maximum atomic E-state index is 12.6. The number of fused-ring (bicyclic) bond motifs is 2. The number of hydrogen-bond acceptors (Lipinski definition) is 5. The highest BCUT2D eigenvalue weighted by atomic mass is 32.1. The third-order valence-electron chi connectivity index (χ3n) is 5.38. The van der Waals surface area contributed by atoms with Crippen molar-refractivity contribution < 1.29 is 14.3 Å².